The van der Waals surface area contributed by atoms with Crippen molar-refractivity contribution in [3.8, 4) is 5.75 Å². The van der Waals surface area contributed by atoms with Crippen LogP contribution in [0.5, 0.6) is 5.75 Å². The number of nitrogens with one attached hydrogen (secondary N) is 2. The van der Waals surface area contributed by atoms with Crippen LogP contribution < -0.4 is 14.8 Å². The minimum Gasteiger partial charge on any atom is -0.493 e. The predicted octanol–water partition coefficient (Wildman–Crippen LogP) is 5.79. The molecular formula is C31H38ClN3O4S. The van der Waals surface area contributed by atoms with Crippen molar-refractivity contribution in [1.29, 1.82) is 0 Å². The zero-order chi connectivity index (χ0) is 28.9. The standard InChI is InChI=1S/C31H38ClN3O4S/c1-21(2)19-35(4)20-23-11-13-26-28(14-15-39-30(26)16-23)33-31(36)18-29(24-8-6-5-7-9-24)34-40(37,38)25-12-10-22(3)27(32)17-25/h5-13,16-17,21,28-29,34H,14-15,18-20H2,1-4H3,(H,33,36). The van der Waals surface area contributed by atoms with Crippen molar-refractivity contribution in [2.24, 2.45) is 5.92 Å². The molecule has 0 aliphatic carbocycles. The van der Waals surface area contributed by atoms with Gasteiger partial charge in [0, 0.05) is 36.5 Å². The predicted molar refractivity (Wildman–Crippen MR) is 159 cm³/mol. The van der Waals surface area contributed by atoms with Crippen molar-refractivity contribution >= 4 is 27.5 Å². The topological polar surface area (TPSA) is 87.7 Å². The van der Waals surface area contributed by atoms with Crippen molar-refractivity contribution in [1.82, 2.24) is 14.9 Å². The van der Waals surface area contributed by atoms with E-state index in [9.17, 15) is 13.2 Å². The molecule has 0 spiro atoms. The van der Waals surface area contributed by atoms with Gasteiger partial charge in [0.1, 0.15) is 5.75 Å². The number of nitrogens with zero attached hydrogens (tertiary/aromatic N) is 1. The van der Waals surface area contributed by atoms with Gasteiger partial charge in [-0.05, 0) is 54.8 Å². The first-order valence-corrected chi connectivity index (χ1v) is 15.4. The molecule has 4 rings (SSSR count). The first-order chi connectivity index (χ1) is 19.0. The summed E-state index contributed by atoms with van der Waals surface area (Å²) in [7, 11) is -1.83. The Bertz CT molecular complexity index is 1430. The van der Waals surface area contributed by atoms with Crippen molar-refractivity contribution < 1.29 is 17.9 Å². The van der Waals surface area contributed by atoms with Crippen LogP contribution in [0.4, 0.5) is 0 Å². The summed E-state index contributed by atoms with van der Waals surface area (Å²) in [5, 5.41) is 3.48. The van der Waals surface area contributed by atoms with Gasteiger partial charge < -0.3 is 15.0 Å². The van der Waals surface area contributed by atoms with Gasteiger partial charge in [-0.15, -0.1) is 0 Å². The number of hydrogen-bond donors (Lipinski definition) is 2. The minimum atomic E-state index is -3.94. The maximum atomic E-state index is 13.3. The second kappa shape index (κ2) is 13.2. The molecule has 0 saturated carbocycles. The molecule has 2 unspecified atom stereocenters. The third-order valence-electron chi connectivity index (χ3n) is 6.92. The summed E-state index contributed by atoms with van der Waals surface area (Å²) in [5.41, 5.74) is 3.57. The van der Waals surface area contributed by atoms with Crippen molar-refractivity contribution in [3.63, 3.8) is 0 Å². The van der Waals surface area contributed by atoms with E-state index < -0.39 is 16.1 Å². The lowest BCUT2D eigenvalue weighted by Crippen LogP contribution is -2.36. The lowest BCUT2D eigenvalue weighted by molar-refractivity contribution is -0.122. The van der Waals surface area contributed by atoms with Gasteiger partial charge in [0.05, 0.1) is 23.6 Å². The van der Waals surface area contributed by atoms with Crippen LogP contribution in [0.25, 0.3) is 0 Å². The fourth-order valence-electron chi connectivity index (χ4n) is 5.03. The third-order valence-corrected chi connectivity index (χ3v) is 8.80. The van der Waals surface area contributed by atoms with E-state index in [4.69, 9.17) is 16.3 Å². The number of halogens is 1. The lowest BCUT2D eigenvalue weighted by Gasteiger charge is -2.28. The molecule has 7 nitrogen and oxygen atoms in total. The molecular weight excluding hydrogens is 546 g/mol. The van der Waals surface area contributed by atoms with Crippen LogP contribution in [0.2, 0.25) is 5.02 Å². The van der Waals surface area contributed by atoms with Gasteiger partial charge in [-0.25, -0.2) is 13.1 Å². The van der Waals surface area contributed by atoms with Gasteiger partial charge >= 0.3 is 0 Å². The maximum absolute atomic E-state index is 13.3. The first-order valence-electron chi connectivity index (χ1n) is 13.6. The van der Waals surface area contributed by atoms with E-state index >= 15 is 0 Å². The third kappa shape index (κ3) is 7.85. The SMILES string of the molecule is Cc1ccc(S(=O)(=O)NC(CC(=O)NC2CCOc3cc(CN(C)CC(C)C)ccc32)c2ccccc2)cc1Cl. The Labute approximate surface area is 242 Å². The Hall–Kier alpha value is -2.91. The Kier molecular flexibility index (Phi) is 9.90. The summed E-state index contributed by atoms with van der Waals surface area (Å²) < 4.78 is 35.2. The van der Waals surface area contributed by atoms with E-state index in [1.165, 1.54) is 12.1 Å². The molecule has 1 heterocycles. The summed E-state index contributed by atoms with van der Waals surface area (Å²) >= 11 is 6.19. The van der Waals surface area contributed by atoms with E-state index in [1.54, 1.807) is 6.07 Å². The highest BCUT2D eigenvalue weighted by atomic mass is 35.5. The summed E-state index contributed by atoms with van der Waals surface area (Å²) in [6.45, 7) is 8.52. The second-order valence-electron chi connectivity index (χ2n) is 10.9. The van der Waals surface area contributed by atoms with E-state index in [0.29, 0.717) is 29.5 Å². The monoisotopic (exact) mass is 583 g/mol. The van der Waals surface area contributed by atoms with Crippen molar-refractivity contribution in [2.45, 2.75) is 57.1 Å². The van der Waals surface area contributed by atoms with Gasteiger partial charge in [-0.1, -0.05) is 74.0 Å². The molecule has 40 heavy (non-hydrogen) atoms. The molecule has 2 atom stereocenters. The van der Waals surface area contributed by atoms with E-state index in [2.05, 4.69) is 48.0 Å². The molecule has 0 fully saturated rings. The second-order valence-corrected chi connectivity index (χ2v) is 13.0. The Morgan fingerprint density at radius 3 is 2.55 bits per heavy atom. The first kappa shape index (κ1) is 30.1. The van der Waals surface area contributed by atoms with Gasteiger partial charge in [0.25, 0.3) is 0 Å². The van der Waals surface area contributed by atoms with E-state index in [-0.39, 0.29) is 23.3 Å². The average molecular weight is 584 g/mol. The minimum absolute atomic E-state index is 0.0534. The van der Waals surface area contributed by atoms with Gasteiger partial charge in [-0.3, -0.25) is 4.79 Å². The van der Waals surface area contributed by atoms with Gasteiger partial charge in [-0.2, -0.15) is 0 Å². The van der Waals surface area contributed by atoms with Crippen LogP contribution in [-0.2, 0) is 21.4 Å². The summed E-state index contributed by atoms with van der Waals surface area (Å²) in [6, 6.07) is 18.9. The molecule has 214 valence electrons. The zero-order valence-corrected chi connectivity index (χ0v) is 25.1. The Balaban J connectivity index is 1.49. The number of benzene rings is 3. The number of carbonyl (C=O) groups excluding carboxylic acids is 1. The zero-order valence-electron chi connectivity index (χ0n) is 23.5. The number of hydrogen-bond acceptors (Lipinski definition) is 5. The highest BCUT2D eigenvalue weighted by Gasteiger charge is 2.28. The van der Waals surface area contributed by atoms with Crippen LogP contribution in [0.3, 0.4) is 0 Å². The average Bonchev–Trinajstić information content (AvgIpc) is 2.89. The number of aryl methyl sites for hydroxylation is 1. The number of rotatable bonds is 11. The van der Waals surface area contributed by atoms with Gasteiger partial charge in [0.15, 0.2) is 0 Å². The smallest absolute Gasteiger partial charge is 0.241 e. The van der Waals surface area contributed by atoms with Crippen LogP contribution in [0.15, 0.2) is 71.6 Å². The number of amides is 1. The van der Waals surface area contributed by atoms with Crippen LogP contribution in [0.1, 0.15) is 61.0 Å². The number of sulfonamides is 1. The molecule has 1 aliphatic rings. The molecule has 9 heteroatoms. The Morgan fingerprint density at radius 2 is 1.85 bits per heavy atom. The normalized spacial score (nSPS) is 15.9. The fourth-order valence-corrected chi connectivity index (χ4v) is 6.52. The summed E-state index contributed by atoms with van der Waals surface area (Å²) in [5.74, 6) is 1.11. The quantitative estimate of drug-likeness (QED) is 0.298. The summed E-state index contributed by atoms with van der Waals surface area (Å²) in [6.07, 6.45) is 0.572. The maximum Gasteiger partial charge on any atom is 0.241 e. The molecule has 3 aromatic rings. The molecule has 3 aromatic carbocycles. The molecule has 0 aromatic heterocycles. The van der Waals surface area contributed by atoms with E-state index in [1.807, 2.05) is 43.3 Å². The molecule has 0 saturated heterocycles. The largest absolute Gasteiger partial charge is 0.493 e. The highest BCUT2D eigenvalue weighted by Crippen LogP contribution is 2.33. The van der Waals surface area contributed by atoms with E-state index in [0.717, 1.165) is 35.5 Å². The summed E-state index contributed by atoms with van der Waals surface area (Å²) in [4.78, 5) is 15.7. The molecule has 1 amide bonds. The highest BCUT2D eigenvalue weighted by molar-refractivity contribution is 7.89. The van der Waals surface area contributed by atoms with Crippen LogP contribution in [0, 0.1) is 12.8 Å². The lowest BCUT2D eigenvalue weighted by atomic mass is 9.97. The number of ether oxygens (including phenoxy) is 1. The number of fused-ring (bicyclic) bond motifs is 1. The fraction of sp³-hybridized carbons (Fsp3) is 0.387. The number of carbonyl (C=O) groups is 1. The molecule has 0 radical (unpaired) electrons. The molecule has 0 bridgehead atoms. The molecule has 1 aliphatic heterocycles. The van der Waals surface area contributed by atoms with Crippen LogP contribution >= 0.6 is 11.6 Å². The molecule has 2 N–H and O–H groups in total. The Morgan fingerprint density at radius 1 is 1.10 bits per heavy atom. The van der Waals surface area contributed by atoms with Crippen molar-refractivity contribution in [2.75, 3.05) is 20.2 Å². The van der Waals surface area contributed by atoms with Crippen LogP contribution in [-0.4, -0.2) is 39.4 Å². The van der Waals surface area contributed by atoms with Gasteiger partial charge in [0.2, 0.25) is 15.9 Å². The van der Waals surface area contributed by atoms with Crippen molar-refractivity contribution in [3.05, 3.63) is 94.0 Å².